The zero-order valence-electron chi connectivity index (χ0n) is 22.4. The summed E-state index contributed by atoms with van der Waals surface area (Å²) in [7, 11) is 0. The minimum absolute atomic E-state index is 0.311. The highest BCUT2D eigenvalue weighted by atomic mass is 35.5. The number of aryl methyl sites for hydroxylation is 1. The third-order valence-corrected chi connectivity index (χ3v) is 7.12. The summed E-state index contributed by atoms with van der Waals surface area (Å²) in [4.78, 5) is 12.6. The largest absolute Gasteiger partial charge is 0.478 e. The zero-order valence-corrected chi connectivity index (χ0v) is 23.2. The van der Waals surface area contributed by atoms with Crippen molar-refractivity contribution >= 4 is 17.6 Å². The predicted octanol–water partition coefficient (Wildman–Crippen LogP) is 6.61. The van der Waals surface area contributed by atoms with E-state index in [-0.39, 0.29) is 0 Å². The summed E-state index contributed by atoms with van der Waals surface area (Å²) in [5.41, 5.74) is 7.33. The van der Waals surface area contributed by atoms with Gasteiger partial charge in [-0.15, -0.1) is 0 Å². The van der Waals surface area contributed by atoms with Crippen molar-refractivity contribution in [1.29, 1.82) is 0 Å². The lowest BCUT2D eigenvalue weighted by molar-refractivity contribution is -0.927. The average molecular weight is 537 g/mol. The Labute approximate surface area is 237 Å². The zero-order chi connectivity index (χ0) is 27.5. The van der Waals surface area contributed by atoms with E-state index in [1.54, 1.807) is 12.1 Å². The highest BCUT2D eigenvalue weighted by Gasteiger charge is 2.13. The van der Waals surface area contributed by atoms with Crippen molar-refractivity contribution in [2.75, 3.05) is 6.54 Å². The number of halogens is 1. The summed E-state index contributed by atoms with van der Waals surface area (Å²) in [6.45, 7) is 4.83. The fourth-order valence-corrected chi connectivity index (χ4v) is 4.67. The number of hydrogen-bond acceptors (Lipinski definition) is 1. The monoisotopic (exact) mass is 536 g/mol. The van der Waals surface area contributed by atoms with E-state index in [9.17, 15) is 9.90 Å². The molecule has 0 spiro atoms. The Balaban J connectivity index is 1.42. The highest BCUT2D eigenvalue weighted by Crippen LogP contribution is 2.11. The maximum absolute atomic E-state index is 11.2. The SMILES string of the molecule is CCCCc1ccc(C#Cc2ccc(C[NH+](CCc3ccc(Cl)cc3)Cc3ccc(C(=O)O)cc3)cc2)cc1. The van der Waals surface area contributed by atoms with Crippen LogP contribution in [0.1, 0.15) is 63.5 Å². The average Bonchev–Trinajstić information content (AvgIpc) is 2.96. The van der Waals surface area contributed by atoms with Crippen LogP contribution in [-0.2, 0) is 25.9 Å². The summed E-state index contributed by atoms with van der Waals surface area (Å²) in [6.07, 6.45) is 4.48. The van der Waals surface area contributed by atoms with Crippen molar-refractivity contribution in [3.63, 3.8) is 0 Å². The van der Waals surface area contributed by atoms with Gasteiger partial charge in [-0.05, 0) is 72.5 Å². The molecule has 3 nitrogen and oxygen atoms in total. The maximum atomic E-state index is 11.2. The minimum atomic E-state index is -0.902. The van der Waals surface area contributed by atoms with Crippen LogP contribution >= 0.6 is 11.6 Å². The van der Waals surface area contributed by atoms with Crippen LogP contribution in [0.25, 0.3) is 0 Å². The van der Waals surface area contributed by atoms with Gasteiger partial charge in [-0.1, -0.05) is 85.3 Å². The second-order valence-corrected chi connectivity index (χ2v) is 10.4. The first-order chi connectivity index (χ1) is 19.0. The number of hydrogen-bond donors (Lipinski definition) is 2. The summed E-state index contributed by atoms with van der Waals surface area (Å²) < 4.78 is 0. The molecule has 0 heterocycles. The number of carboxylic acid groups (broad SMARTS) is 1. The van der Waals surface area contributed by atoms with Gasteiger partial charge in [0.2, 0.25) is 0 Å². The molecule has 198 valence electrons. The van der Waals surface area contributed by atoms with E-state index in [0.29, 0.717) is 5.56 Å². The molecule has 0 amide bonds. The summed E-state index contributed by atoms with van der Waals surface area (Å²) in [6, 6.07) is 32.3. The van der Waals surface area contributed by atoms with Crippen molar-refractivity contribution in [2.24, 2.45) is 0 Å². The van der Waals surface area contributed by atoms with E-state index in [2.05, 4.69) is 79.4 Å². The molecule has 0 saturated carbocycles. The Bertz CT molecular complexity index is 1400. The number of rotatable bonds is 11. The van der Waals surface area contributed by atoms with E-state index in [0.717, 1.165) is 54.2 Å². The minimum Gasteiger partial charge on any atom is -0.478 e. The first kappa shape index (κ1) is 28.2. The molecule has 4 rings (SSSR count). The van der Waals surface area contributed by atoms with Crippen molar-refractivity contribution in [1.82, 2.24) is 0 Å². The number of nitrogens with one attached hydrogen (secondary N) is 1. The van der Waals surface area contributed by atoms with E-state index in [1.807, 2.05) is 24.3 Å². The lowest BCUT2D eigenvalue weighted by atomic mass is 10.1. The standard InChI is InChI=1S/C35H34ClNO2/c1-2-3-4-27-5-7-28(8-6-27)9-10-29-11-13-31(14-12-29)25-37(24-23-30-17-21-34(36)22-18-30)26-32-15-19-33(20-16-32)35(38)39/h5-8,11-22H,2-4,23-26H2,1H3,(H,38,39)/p+1. The number of benzene rings is 4. The van der Waals surface area contributed by atoms with Gasteiger partial charge in [-0.2, -0.15) is 0 Å². The van der Waals surface area contributed by atoms with Crippen molar-refractivity contribution < 1.29 is 14.8 Å². The summed E-state index contributed by atoms with van der Waals surface area (Å²) in [5, 5.41) is 9.97. The molecule has 0 aliphatic carbocycles. The van der Waals surface area contributed by atoms with Crippen LogP contribution in [0.3, 0.4) is 0 Å². The molecule has 0 saturated heterocycles. The van der Waals surface area contributed by atoms with Crippen LogP contribution in [0.15, 0.2) is 97.1 Å². The molecule has 2 N–H and O–H groups in total. The van der Waals surface area contributed by atoms with Crippen molar-refractivity contribution in [3.05, 3.63) is 141 Å². The molecular weight excluding hydrogens is 502 g/mol. The van der Waals surface area contributed by atoms with Gasteiger partial charge >= 0.3 is 5.97 Å². The second-order valence-electron chi connectivity index (χ2n) is 9.98. The van der Waals surface area contributed by atoms with Crippen LogP contribution in [0, 0.1) is 11.8 Å². The molecule has 1 unspecified atom stereocenters. The second kappa shape index (κ2) is 14.4. The quantitative estimate of drug-likeness (QED) is 0.212. The van der Waals surface area contributed by atoms with E-state index in [1.165, 1.54) is 34.4 Å². The number of unbranched alkanes of at least 4 members (excludes halogenated alkanes) is 1. The topological polar surface area (TPSA) is 41.7 Å². The Kier molecular flexibility index (Phi) is 10.4. The molecule has 4 aromatic carbocycles. The lowest BCUT2D eigenvalue weighted by Gasteiger charge is -2.20. The molecule has 0 aliphatic rings. The molecule has 0 aromatic heterocycles. The molecule has 39 heavy (non-hydrogen) atoms. The molecule has 0 radical (unpaired) electrons. The first-order valence-electron chi connectivity index (χ1n) is 13.6. The molecule has 0 aliphatic heterocycles. The molecule has 4 heteroatoms. The van der Waals surface area contributed by atoms with Crippen molar-refractivity contribution in [2.45, 2.75) is 45.7 Å². The maximum Gasteiger partial charge on any atom is 0.335 e. The smallest absolute Gasteiger partial charge is 0.335 e. The fourth-order valence-electron chi connectivity index (χ4n) is 4.54. The summed E-state index contributed by atoms with van der Waals surface area (Å²) >= 11 is 6.06. The van der Waals surface area contributed by atoms with Crippen LogP contribution in [-0.4, -0.2) is 17.6 Å². The number of carbonyl (C=O) groups is 1. The predicted molar refractivity (Wildman–Crippen MR) is 159 cm³/mol. The Morgan fingerprint density at radius 2 is 1.15 bits per heavy atom. The number of quaternary nitrogens is 1. The van der Waals surface area contributed by atoms with Gasteiger partial charge in [0.15, 0.2) is 0 Å². The molecule has 0 bridgehead atoms. The van der Waals surface area contributed by atoms with Gasteiger partial charge in [-0.3, -0.25) is 0 Å². The third kappa shape index (κ3) is 9.14. The van der Waals surface area contributed by atoms with Gasteiger partial charge in [0.05, 0.1) is 12.1 Å². The molecule has 0 fully saturated rings. The Morgan fingerprint density at radius 1 is 0.692 bits per heavy atom. The van der Waals surface area contributed by atoms with Crippen LogP contribution in [0.2, 0.25) is 5.02 Å². The summed E-state index contributed by atoms with van der Waals surface area (Å²) in [5.74, 6) is 5.68. The lowest BCUT2D eigenvalue weighted by Crippen LogP contribution is -3.09. The van der Waals surface area contributed by atoms with Crippen LogP contribution < -0.4 is 4.90 Å². The van der Waals surface area contributed by atoms with E-state index in [4.69, 9.17) is 11.6 Å². The Hall–Kier alpha value is -3.84. The first-order valence-corrected chi connectivity index (χ1v) is 14.0. The third-order valence-electron chi connectivity index (χ3n) is 6.87. The van der Waals surface area contributed by atoms with Crippen LogP contribution in [0.5, 0.6) is 0 Å². The van der Waals surface area contributed by atoms with Gasteiger partial charge in [-0.25, -0.2) is 4.79 Å². The van der Waals surface area contributed by atoms with Crippen molar-refractivity contribution in [3.8, 4) is 11.8 Å². The van der Waals surface area contributed by atoms with Crippen LogP contribution in [0.4, 0.5) is 0 Å². The number of aromatic carboxylic acids is 1. The normalized spacial score (nSPS) is 11.4. The van der Waals surface area contributed by atoms with Gasteiger partial charge < -0.3 is 10.0 Å². The molecule has 1 atom stereocenters. The van der Waals surface area contributed by atoms with Gasteiger partial charge in [0.1, 0.15) is 13.1 Å². The van der Waals surface area contributed by atoms with E-state index < -0.39 is 5.97 Å². The van der Waals surface area contributed by atoms with E-state index >= 15 is 0 Å². The van der Waals surface area contributed by atoms with Gasteiger partial charge in [0.25, 0.3) is 0 Å². The number of carboxylic acids is 1. The fraction of sp³-hybridized carbons (Fsp3) is 0.229. The van der Waals surface area contributed by atoms with Gasteiger partial charge in [0, 0.05) is 33.7 Å². The molecule has 4 aromatic rings. The molecular formula is C35H35ClNO2+. The highest BCUT2D eigenvalue weighted by molar-refractivity contribution is 6.30. The Morgan fingerprint density at radius 3 is 1.67 bits per heavy atom.